The van der Waals surface area contributed by atoms with Gasteiger partial charge in [-0.2, -0.15) is 0 Å². The number of nitrogens with zero attached hydrogens (tertiary/aromatic N) is 1. The van der Waals surface area contributed by atoms with E-state index in [4.69, 9.17) is 16.0 Å². The minimum Gasteiger partial charge on any atom is -0.403 e. The third-order valence-electron chi connectivity index (χ3n) is 2.40. The molecule has 2 aromatic rings. The van der Waals surface area contributed by atoms with Crippen molar-refractivity contribution in [2.24, 2.45) is 0 Å². The Morgan fingerprint density at radius 2 is 1.95 bits per heavy atom. The van der Waals surface area contributed by atoms with Crippen molar-refractivity contribution in [1.82, 2.24) is 0 Å². The first-order valence-electron chi connectivity index (χ1n) is 4.96. The van der Waals surface area contributed by atoms with Crippen molar-refractivity contribution >= 4 is 17.5 Å². The molecule has 1 aromatic heterocycles. The third-order valence-corrected chi connectivity index (χ3v) is 2.72. The van der Waals surface area contributed by atoms with Gasteiger partial charge in [-0.3, -0.25) is 10.1 Å². The van der Waals surface area contributed by atoms with Gasteiger partial charge in [-0.05, 0) is 18.2 Å². The van der Waals surface area contributed by atoms with Crippen LogP contribution in [0.2, 0.25) is 5.02 Å². The second kappa shape index (κ2) is 4.94. The predicted octanol–water partition coefficient (Wildman–Crippen LogP) is 3.20. The van der Waals surface area contributed by atoms with E-state index in [1.807, 2.05) is 0 Å². The summed E-state index contributed by atoms with van der Waals surface area (Å²) in [5.74, 6) is -3.13. The van der Waals surface area contributed by atoms with Crippen LogP contribution in [0.4, 0.5) is 14.7 Å². The fraction of sp³-hybridized carbons (Fsp3) is 0.0909. The van der Waals surface area contributed by atoms with Crippen LogP contribution in [0.15, 0.2) is 28.7 Å². The van der Waals surface area contributed by atoms with Crippen LogP contribution < -0.4 is 0 Å². The SMILES string of the molecule is O=[N+]([O-])c1ccc(C(O)c2cc(F)c(F)cc2Cl)o1. The Labute approximate surface area is 110 Å². The zero-order valence-electron chi connectivity index (χ0n) is 9.14. The van der Waals surface area contributed by atoms with Crippen molar-refractivity contribution in [1.29, 1.82) is 0 Å². The van der Waals surface area contributed by atoms with E-state index in [1.54, 1.807) is 0 Å². The van der Waals surface area contributed by atoms with Crippen LogP contribution in [0.5, 0.6) is 0 Å². The molecule has 1 aromatic carbocycles. The van der Waals surface area contributed by atoms with Crippen molar-refractivity contribution in [3.8, 4) is 0 Å². The van der Waals surface area contributed by atoms with Crippen LogP contribution in [0.25, 0.3) is 0 Å². The molecule has 0 bridgehead atoms. The van der Waals surface area contributed by atoms with Crippen molar-refractivity contribution in [3.05, 3.63) is 62.4 Å². The third kappa shape index (κ3) is 2.56. The van der Waals surface area contributed by atoms with E-state index in [-0.39, 0.29) is 16.3 Å². The Bertz CT molecular complexity index is 644. The first-order chi connectivity index (χ1) is 8.90. The number of halogens is 3. The second-order valence-electron chi connectivity index (χ2n) is 3.62. The van der Waals surface area contributed by atoms with Gasteiger partial charge >= 0.3 is 5.88 Å². The maximum atomic E-state index is 13.1. The summed E-state index contributed by atoms with van der Waals surface area (Å²) in [5.41, 5.74) is -0.148. The van der Waals surface area contributed by atoms with E-state index in [1.165, 1.54) is 0 Å². The Hall–Kier alpha value is -1.99. The van der Waals surface area contributed by atoms with E-state index in [2.05, 4.69) is 0 Å². The minimum absolute atomic E-state index is 0.148. The standard InChI is InChI=1S/C11H6ClF2NO4/c12-6-4-8(14)7(13)3-5(6)11(16)9-1-2-10(19-9)15(17)18/h1-4,11,16H. The molecule has 5 nitrogen and oxygen atoms in total. The lowest BCUT2D eigenvalue weighted by molar-refractivity contribution is -0.402. The highest BCUT2D eigenvalue weighted by atomic mass is 35.5. The highest BCUT2D eigenvalue weighted by Gasteiger charge is 2.22. The maximum absolute atomic E-state index is 13.1. The number of benzene rings is 1. The molecule has 1 heterocycles. The first kappa shape index (κ1) is 13.4. The first-order valence-corrected chi connectivity index (χ1v) is 5.34. The molecule has 0 saturated heterocycles. The van der Waals surface area contributed by atoms with Gasteiger partial charge in [0.15, 0.2) is 11.6 Å². The highest BCUT2D eigenvalue weighted by molar-refractivity contribution is 6.31. The molecular weight excluding hydrogens is 284 g/mol. The lowest BCUT2D eigenvalue weighted by Gasteiger charge is -2.10. The van der Waals surface area contributed by atoms with Crippen molar-refractivity contribution in [3.63, 3.8) is 0 Å². The zero-order valence-corrected chi connectivity index (χ0v) is 9.90. The molecule has 0 amide bonds. The van der Waals surface area contributed by atoms with Crippen molar-refractivity contribution in [2.45, 2.75) is 6.10 Å². The summed E-state index contributed by atoms with van der Waals surface area (Å²) in [7, 11) is 0. The summed E-state index contributed by atoms with van der Waals surface area (Å²) in [6.07, 6.45) is -1.53. The summed E-state index contributed by atoms with van der Waals surface area (Å²) in [4.78, 5) is 9.64. The number of aliphatic hydroxyl groups excluding tert-OH is 1. The molecule has 0 aliphatic heterocycles. The summed E-state index contributed by atoms with van der Waals surface area (Å²) in [5, 5.41) is 20.1. The van der Waals surface area contributed by atoms with Gasteiger partial charge in [0.25, 0.3) is 0 Å². The maximum Gasteiger partial charge on any atom is 0.433 e. The highest BCUT2D eigenvalue weighted by Crippen LogP contribution is 2.32. The summed E-state index contributed by atoms with van der Waals surface area (Å²) < 4.78 is 30.7. The number of rotatable bonds is 3. The molecule has 0 aliphatic carbocycles. The Morgan fingerprint density at radius 3 is 2.53 bits per heavy atom. The van der Waals surface area contributed by atoms with Gasteiger partial charge in [0.05, 0.1) is 6.07 Å². The molecule has 100 valence electrons. The van der Waals surface area contributed by atoms with E-state index in [0.29, 0.717) is 12.1 Å². The van der Waals surface area contributed by atoms with Gasteiger partial charge in [0, 0.05) is 10.6 Å². The lowest BCUT2D eigenvalue weighted by atomic mass is 10.1. The summed E-state index contributed by atoms with van der Waals surface area (Å²) in [6.45, 7) is 0. The van der Waals surface area contributed by atoms with Crippen LogP contribution in [0.3, 0.4) is 0 Å². The molecular formula is C11H6ClF2NO4. The van der Waals surface area contributed by atoms with Crippen LogP contribution in [-0.4, -0.2) is 10.0 Å². The van der Waals surface area contributed by atoms with E-state index >= 15 is 0 Å². The quantitative estimate of drug-likeness (QED) is 0.535. The van der Waals surface area contributed by atoms with Gasteiger partial charge in [-0.15, -0.1) is 0 Å². The van der Waals surface area contributed by atoms with Crippen LogP contribution in [-0.2, 0) is 0 Å². The molecule has 0 fully saturated rings. The van der Waals surface area contributed by atoms with Gasteiger partial charge in [0.2, 0.25) is 0 Å². The van der Waals surface area contributed by atoms with Crippen LogP contribution >= 0.6 is 11.6 Å². The normalized spacial score (nSPS) is 12.4. The van der Waals surface area contributed by atoms with E-state index in [0.717, 1.165) is 12.1 Å². The number of hydrogen-bond acceptors (Lipinski definition) is 4. The Morgan fingerprint density at radius 1 is 1.32 bits per heavy atom. The number of aliphatic hydroxyl groups is 1. The molecule has 1 N–H and O–H groups in total. The zero-order chi connectivity index (χ0) is 14.2. The monoisotopic (exact) mass is 289 g/mol. The molecule has 0 saturated carbocycles. The van der Waals surface area contributed by atoms with Crippen molar-refractivity contribution < 1.29 is 23.2 Å². The van der Waals surface area contributed by atoms with Gasteiger partial charge in [0.1, 0.15) is 16.8 Å². The molecule has 8 heteroatoms. The minimum atomic E-state index is -1.53. The van der Waals surface area contributed by atoms with Crippen LogP contribution in [0.1, 0.15) is 17.4 Å². The molecule has 0 radical (unpaired) electrons. The van der Waals surface area contributed by atoms with Gasteiger partial charge in [-0.1, -0.05) is 11.6 Å². The van der Waals surface area contributed by atoms with Crippen LogP contribution in [0, 0.1) is 21.7 Å². The van der Waals surface area contributed by atoms with Gasteiger partial charge < -0.3 is 9.52 Å². The molecule has 0 spiro atoms. The molecule has 0 aliphatic rings. The number of nitro groups is 1. The van der Waals surface area contributed by atoms with E-state index in [9.17, 15) is 24.0 Å². The molecule has 2 rings (SSSR count). The van der Waals surface area contributed by atoms with Gasteiger partial charge in [-0.25, -0.2) is 8.78 Å². The number of hydrogen-bond donors (Lipinski definition) is 1. The second-order valence-corrected chi connectivity index (χ2v) is 4.03. The molecule has 1 unspecified atom stereocenters. The van der Waals surface area contributed by atoms with E-state index < -0.39 is 28.5 Å². The average Bonchev–Trinajstić information content (AvgIpc) is 2.82. The number of furan rings is 1. The lowest BCUT2D eigenvalue weighted by Crippen LogP contribution is -2.01. The largest absolute Gasteiger partial charge is 0.433 e. The smallest absolute Gasteiger partial charge is 0.403 e. The topological polar surface area (TPSA) is 76.5 Å². The molecule has 19 heavy (non-hydrogen) atoms. The Kier molecular flexibility index (Phi) is 3.50. The molecule has 1 atom stereocenters. The average molecular weight is 290 g/mol. The predicted molar refractivity (Wildman–Crippen MR) is 60.8 cm³/mol. The Balaban J connectivity index is 2.40. The van der Waals surface area contributed by atoms with Crippen molar-refractivity contribution in [2.75, 3.05) is 0 Å². The fourth-order valence-corrected chi connectivity index (χ4v) is 1.74. The fourth-order valence-electron chi connectivity index (χ4n) is 1.49. The summed E-state index contributed by atoms with van der Waals surface area (Å²) >= 11 is 5.67. The summed E-state index contributed by atoms with van der Waals surface area (Å²) in [6, 6.07) is 3.59.